The van der Waals surface area contributed by atoms with E-state index in [1.807, 2.05) is 64.8 Å². The van der Waals surface area contributed by atoms with Gasteiger partial charge in [-0.2, -0.15) is 0 Å². The Kier molecular flexibility index (Phi) is 5.38. The number of rotatable bonds is 3. The predicted octanol–water partition coefficient (Wildman–Crippen LogP) is -0.932. The van der Waals surface area contributed by atoms with Crippen LogP contribution in [0.25, 0.3) is 16.9 Å². The van der Waals surface area contributed by atoms with Crippen molar-refractivity contribution in [2.75, 3.05) is 14.1 Å². The minimum Gasteiger partial charge on any atom is -1.00 e. The highest BCUT2D eigenvalue weighted by molar-refractivity contribution is 5.95. The van der Waals surface area contributed by atoms with Crippen LogP contribution in [-0.2, 0) is 11.9 Å². The average molecular weight is 423 g/mol. The van der Waals surface area contributed by atoms with Gasteiger partial charge >= 0.3 is 11.6 Å². The van der Waals surface area contributed by atoms with Crippen LogP contribution in [0, 0.1) is 0 Å². The van der Waals surface area contributed by atoms with Crippen molar-refractivity contribution in [2.45, 2.75) is 0 Å². The van der Waals surface area contributed by atoms with Crippen molar-refractivity contribution in [3.8, 4) is 11.3 Å². The Hall–Kier alpha value is -1.93. The second kappa shape index (κ2) is 7.10. The van der Waals surface area contributed by atoms with Crippen molar-refractivity contribution >= 4 is 11.6 Å². The molecule has 5 nitrogen and oxygen atoms in total. The maximum Gasteiger partial charge on any atom is 0.365 e. The van der Waals surface area contributed by atoms with Gasteiger partial charge in [-0.05, 0) is 12.1 Å². The van der Waals surface area contributed by atoms with E-state index in [2.05, 4.69) is 0 Å². The van der Waals surface area contributed by atoms with Crippen molar-refractivity contribution < 1.29 is 38.0 Å². The zero-order valence-corrected chi connectivity index (χ0v) is 15.4. The molecule has 0 saturated carbocycles. The second-order valence-corrected chi connectivity index (χ2v) is 5.28. The molecule has 1 aromatic carbocycles. The summed E-state index contributed by atoms with van der Waals surface area (Å²) in [7, 11) is 5.32. The van der Waals surface area contributed by atoms with Gasteiger partial charge in [0.25, 0.3) is 0 Å². The van der Waals surface area contributed by atoms with Gasteiger partial charge in [-0.1, -0.05) is 30.3 Å². The van der Waals surface area contributed by atoms with Crippen LogP contribution < -0.4 is 28.4 Å². The lowest BCUT2D eigenvalue weighted by Gasteiger charge is -2.09. The van der Waals surface area contributed by atoms with Crippen LogP contribution in [0.15, 0.2) is 54.9 Å². The summed E-state index contributed by atoms with van der Waals surface area (Å²) in [6.45, 7) is 0. The number of aryl methyl sites for hydroxylation is 1. The van der Waals surface area contributed by atoms with E-state index < -0.39 is 0 Å². The van der Waals surface area contributed by atoms with Crippen molar-refractivity contribution in [3.63, 3.8) is 0 Å². The van der Waals surface area contributed by atoms with Gasteiger partial charge in [0.15, 0.2) is 11.3 Å². The summed E-state index contributed by atoms with van der Waals surface area (Å²) < 4.78 is 3.94. The van der Waals surface area contributed by atoms with Crippen molar-refractivity contribution in [2.24, 2.45) is 7.05 Å². The first-order valence-corrected chi connectivity index (χ1v) is 7.02. The third kappa shape index (κ3) is 3.37. The van der Waals surface area contributed by atoms with E-state index in [0.29, 0.717) is 5.56 Å². The molecule has 6 heteroatoms. The molecular weight excluding hydrogens is 405 g/mol. The maximum absolute atomic E-state index is 12.3. The Morgan fingerprint density at radius 2 is 1.83 bits per heavy atom. The van der Waals surface area contributed by atoms with Crippen LogP contribution in [0.5, 0.6) is 0 Å². The summed E-state index contributed by atoms with van der Waals surface area (Å²) in [5, 5.41) is 1.40. The summed E-state index contributed by atoms with van der Waals surface area (Å²) in [4.78, 5) is 17.5. The smallest absolute Gasteiger partial charge is 0.365 e. The van der Waals surface area contributed by atoms with Gasteiger partial charge in [0.05, 0.1) is 13.2 Å². The first kappa shape index (κ1) is 17.4. The van der Waals surface area contributed by atoms with Crippen LogP contribution in [-0.4, -0.2) is 29.7 Å². The third-order valence-corrected chi connectivity index (χ3v) is 3.49. The number of hydrogen-bond acceptors (Lipinski definition) is 3. The lowest BCUT2D eigenvalue weighted by molar-refractivity contribution is -0.510. The molecule has 0 fully saturated rings. The Morgan fingerprint density at radius 3 is 2.48 bits per heavy atom. The van der Waals surface area contributed by atoms with Crippen LogP contribution in [0.2, 0.25) is 0 Å². The van der Waals surface area contributed by atoms with E-state index in [0.717, 1.165) is 16.9 Å². The summed E-state index contributed by atoms with van der Waals surface area (Å²) >= 11 is 0. The molecule has 120 valence electrons. The minimum absolute atomic E-state index is 0. The summed E-state index contributed by atoms with van der Waals surface area (Å²) in [6.07, 6.45) is 3.94. The molecule has 0 aliphatic heterocycles. The molecule has 0 N–H and O–H groups in total. The fourth-order valence-corrected chi connectivity index (χ4v) is 2.56. The van der Waals surface area contributed by atoms with Gasteiger partial charge in [0.2, 0.25) is 0 Å². The largest absolute Gasteiger partial charge is 1.00 e. The van der Waals surface area contributed by atoms with Gasteiger partial charge in [-0.15, -0.1) is 5.06 Å². The van der Waals surface area contributed by atoms with Gasteiger partial charge in [0, 0.05) is 19.7 Å². The number of imidazole rings is 1. The van der Waals surface area contributed by atoms with Crippen molar-refractivity contribution in [1.82, 2.24) is 9.63 Å². The SMILES string of the molecule is CN(C)OC(=O)c1ccc[n+]2cc(-c3ccccc3)n(C)c12.[I-]. The van der Waals surface area contributed by atoms with Gasteiger partial charge in [-0.25, -0.2) is 13.8 Å². The molecule has 0 bridgehead atoms. The van der Waals surface area contributed by atoms with Crippen LogP contribution in [0.3, 0.4) is 0 Å². The Morgan fingerprint density at radius 1 is 1.13 bits per heavy atom. The highest BCUT2D eigenvalue weighted by atomic mass is 127. The molecule has 0 spiro atoms. The highest BCUT2D eigenvalue weighted by Crippen LogP contribution is 2.20. The van der Waals surface area contributed by atoms with Gasteiger partial charge < -0.3 is 28.8 Å². The number of fused-ring (bicyclic) bond motifs is 1. The second-order valence-electron chi connectivity index (χ2n) is 5.28. The number of halogens is 1. The fraction of sp³-hybridized carbons (Fsp3) is 0.176. The standard InChI is InChI=1S/C17H18N3O2.HI/c1-18(2)22-17(21)14-10-7-11-20-12-15(19(3)16(14)20)13-8-5-4-6-9-13;/h4-12H,1-3H3;1H/q+1;/p-1. The van der Waals surface area contributed by atoms with Crippen LogP contribution in [0.4, 0.5) is 0 Å². The average Bonchev–Trinajstić information content (AvgIpc) is 2.85. The van der Waals surface area contributed by atoms with Crippen molar-refractivity contribution in [1.29, 1.82) is 0 Å². The maximum atomic E-state index is 12.3. The number of nitrogens with zero attached hydrogens (tertiary/aromatic N) is 3. The van der Waals surface area contributed by atoms with Crippen LogP contribution in [0.1, 0.15) is 10.4 Å². The molecule has 2 heterocycles. The molecule has 0 saturated heterocycles. The summed E-state index contributed by atoms with van der Waals surface area (Å²) in [5.41, 5.74) is 3.46. The summed E-state index contributed by atoms with van der Waals surface area (Å²) in [6, 6.07) is 13.7. The molecule has 23 heavy (non-hydrogen) atoms. The quantitative estimate of drug-likeness (QED) is 0.311. The van der Waals surface area contributed by atoms with Gasteiger partial charge in [-0.3, -0.25) is 0 Å². The fourth-order valence-electron chi connectivity index (χ4n) is 2.56. The topological polar surface area (TPSA) is 38.6 Å². The number of hydrogen-bond donors (Lipinski definition) is 0. The number of pyridine rings is 1. The molecule has 3 aromatic rings. The lowest BCUT2D eigenvalue weighted by Crippen LogP contribution is -3.00. The number of benzene rings is 1. The Bertz CT molecular complexity index is 828. The first-order valence-electron chi connectivity index (χ1n) is 7.02. The Labute approximate surface area is 152 Å². The van der Waals surface area contributed by atoms with E-state index in [4.69, 9.17) is 4.84 Å². The van der Waals surface area contributed by atoms with E-state index >= 15 is 0 Å². The molecule has 0 atom stereocenters. The number of hydroxylamine groups is 2. The molecule has 0 aliphatic carbocycles. The predicted molar refractivity (Wildman–Crippen MR) is 83.1 cm³/mol. The molecular formula is C17H18IN3O2. The Balaban J connectivity index is 0.00000192. The molecule has 2 aromatic heterocycles. The molecule has 0 aliphatic rings. The number of aromatic nitrogens is 2. The third-order valence-electron chi connectivity index (χ3n) is 3.49. The molecule has 0 amide bonds. The lowest BCUT2D eigenvalue weighted by atomic mass is 10.2. The highest BCUT2D eigenvalue weighted by Gasteiger charge is 2.24. The number of carbonyl (C=O) groups excluding carboxylic acids is 1. The van der Waals surface area contributed by atoms with E-state index in [-0.39, 0.29) is 29.9 Å². The molecule has 0 unspecified atom stereocenters. The first-order chi connectivity index (χ1) is 10.6. The van der Waals surface area contributed by atoms with Crippen molar-refractivity contribution in [3.05, 3.63) is 60.4 Å². The van der Waals surface area contributed by atoms with Crippen LogP contribution >= 0.6 is 0 Å². The van der Waals surface area contributed by atoms with E-state index in [9.17, 15) is 4.79 Å². The molecule has 3 rings (SSSR count). The normalized spacial score (nSPS) is 10.6. The minimum atomic E-state index is -0.371. The monoisotopic (exact) mass is 423 g/mol. The number of carbonyl (C=O) groups is 1. The molecule has 0 radical (unpaired) electrons. The zero-order valence-electron chi connectivity index (χ0n) is 13.2. The summed E-state index contributed by atoms with van der Waals surface area (Å²) in [5.74, 6) is -0.371. The van der Waals surface area contributed by atoms with E-state index in [1.165, 1.54) is 5.06 Å². The zero-order chi connectivity index (χ0) is 15.7. The van der Waals surface area contributed by atoms with Gasteiger partial charge in [0.1, 0.15) is 6.20 Å². The van der Waals surface area contributed by atoms with E-state index in [1.54, 1.807) is 20.2 Å².